The third-order valence-electron chi connectivity index (χ3n) is 1.85. The van der Waals surface area contributed by atoms with E-state index in [4.69, 9.17) is 0 Å². The molecule has 0 saturated heterocycles. The summed E-state index contributed by atoms with van der Waals surface area (Å²) in [5, 5.41) is 0. The number of hydrogen-bond donors (Lipinski definition) is 0. The summed E-state index contributed by atoms with van der Waals surface area (Å²) in [6.07, 6.45) is 0. The Bertz CT molecular complexity index is 501. The van der Waals surface area contributed by atoms with Crippen LogP contribution in [0.2, 0.25) is 0 Å². The molecule has 0 spiro atoms. The second-order valence-electron chi connectivity index (χ2n) is 3.26. The Balaban J connectivity index is 0.000000364. The van der Waals surface area contributed by atoms with Crippen molar-refractivity contribution in [2.75, 3.05) is 0 Å². The van der Waals surface area contributed by atoms with E-state index in [1.807, 2.05) is 0 Å². The SMILES string of the molecule is O=[P+]([O-])Oc1ccccc1.O=[P+]([O-])Oc1ccccc1.[Sr+2]. The number of para-hydroxylation sites is 2. The van der Waals surface area contributed by atoms with Crippen molar-refractivity contribution in [2.45, 2.75) is 0 Å². The Hall–Kier alpha value is -0.359. The third-order valence-corrected chi connectivity index (χ3v) is 2.57. The van der Waals surface area contributed by atoms with Gasteiger partial charge < -0.3 is 9.79 Å². The molecule has 0 radical (unpaired) electrons. The fraction of sp³-hybridized carbons (Fsp3) is 0. The van der Waals surface area contributed by atoms with Crippen LogP contribution in [0.1, 0.15) is 0 Å². The molecule has 0 aromatic heterocycles. The van der Waals surface area contributed by atoms with E-state index in [0.717, 1.165) is 0 Å². The molecule has 2 atom stereocenters. The van der Waals surface area contributed by atoms with Gasteiger partial charge in [-0.25, -0.2) is 0 Å². The second-order valence-corrected chi connectivity index (χ2v) is 4.52. The summed E-state index contributed by atoms with van der Waals surface area (Å²) >= 11 is 0. The molecule has 2 unspecified atom stereocenters. The van der Waals surface area contributed by atoms with E-state index in [1.54, 1.807) is 60.7 Å². The zero-order valence-electron chi connectivity index (χ0n) is 10.8. The van der Waals surface area contributed by atoms with Crippen LogP contribution in [0.4, 0.5) is 0 Å². The van der Waals surface area contributed by atoms with Gasteiger partial charge in [-0.2, -0.15) is 0 Å². The maximum atomic E-state index is 9.98. The molecule has 2 aromatic rings. The summed E-state index contributed by atoms with van der Waals surface area (Å²) in [5.41, 5.74) is 0. The monoisotopic (exact) mass is 400 g/mol. The summed E-state index contributed by atoms with van der Waals surface area (Å²) in [6, 6.07) is 16.7. The zero-order valence-corrected chi connectivity index (χ0v) is 16.1. The standard InChI is InChI=1S/2C6H5O3P.Sr/c2*7-10(8)9-6-4-2-1-3-5-6;/h2*1-5H;/q;;+2. The minimum Gasteiger partial charge on any atom is -0.558 e. The molecule has 0 fully saturated rings. The molecule has 0 aliphatic carbocycles. The first-order valence-electron chi connectivity index (χ1n) is 5.33. The number of hydrogen-bond acceptors (Lipinski definition) is 6. The fourth-order valence-electron chi connectivity index (χ4n) is 1.13. The summed E-state index contributed by atoms with van der Waals surface area (Å²) in [5.74, 6) is 0.692. The van der Waals surface area contributed by atoms with Crippen LogP contribution in [0.3, 0.4) is 0 Å². The van der Waals surface area contributed by atoms with E-state index in [1.165, 1.54) is 0 Å². The maximum Gasteiger partial charge on any atom is 2.00 e. The topological polar surface area (TPSA) is 98.7 Å². The van der Waals surface area contributed by atoms with E-state index >= 15 is 0 Å². The van der Waals surface area contributed by atoms with Crippen molar-refractivity contribution in [1.82, 2.24) is 0 Å². The number of rotatable bonds is 4. The molecule has 2 rings (SSSR count). The van der Waals surface area contributed by atoms with Crippen LogP contribution in [0.25, 0.3) is 0 Å². The van der Waals surface area contributed by atoms with Crippen LogP contribution in [0.15, 0.2) is 60.7 Å². The van der Waals surface area contributed by atoms with Crippen molar-refractivity contribution in [3.8, 4) is 11.5 Å². The van der Waals surface area contributed by atoms with Crippen LogP contribution in [0, 0.1) is 0 Å². The minimum atomic E-state index is -2.78. The Morgan fingerprint density at radius 1 is 0.667 bits per heavy atom. The van der Waals surface area contributed by atoms with Crippen molar-refractivity contribution in [3.63, 3.8) is 0 Å². The van der Waals surface area contributed by atoms with Gasteiger partial charge in [0.25, 0.3) is 0 Å². The largest absolute Gasteiger partial charge is 2.00 e. The Labute approximate surface area is 160 Å². The molecule has 6 nitrogen and oxygen atoms in total. The average molecular weight is 400 g/mol. The molecule has 0 heterocycles. The van der Waals surface area contributed by atoms with Crippen molar-refractivity contribution in [2.24, 2.45) is 0 Å². The number of benzene rings is 2. The summed E-state index contributed by atoms with van der Waals surface area (Å²) in [6.45, 7) is 0. The molecule has 0 bridgehead atoms. The van der Waals surface area contributed by atoms with E-state index in [0.29, 0.717) is 11.5 Å². The predicted molar refractivity (Wildman–Crippen MR) is 75.1 cm³/mol. The van der Waals surface area contributed by atoms with Crippen LogP contribution in [-0.4, -0.2) is 45.5 Å². The third kappa shape index (κ3) is 10.9. The first-order chi connectivity index (χ1) is 9.58. The van der Waals surface area contributed by atoms with Gasteiger partial charge >= 0.3 is 62.0 Å². The predicted octanol–water partition coefficient (Wildman–Crippen LogP) is 1.79. The van der Waals surface area contributed by atoms with Crippen molar-refractivity contribution >= 4 is 62.0 Å². The molecule has 0 aliphatic rings. The molecule has 104 valence electrons. The van der Waals surface area contributed by atoms with Crippen LogP contribution < -0.4 is 18.8 Å². The Morgan fingerprint density at radius 2 is 0.952 bits per heavy atom. The van der Waals surface area contributed by atoms with Crippen LogP contribution >= 0.6 is 16.5 Å². The maximum absolute atomic E-state index is 9.98. The quantitative estimate of drug-likeness (QED) is 0.574. The average Bonchev–Trinajstić information content (AvgIpc) is 2.40. The van der Waals surface area contributed by atoms with E-state index in [2.05, 4.69) is 9.05 Å². The molecule has 0 amide bonds. The summed E-state index contributed by atoms with van der Waals surface area (Å²) < 4.78 is 28.7. The van der Waals surface area contributed by atoms with Gasteiger partial charge in [0.2, 0.25) is 0 Å². The molecule has 2 aromatic carbocycles. The normalized spacial score (nSPS) is 10.2. The second kappa shape index (κ2) is 12.2. The molecule has 9 heteroatoms. The van der Waals surface area contributed by atoms with Crippen molar-refractivity contribution in [3.05, 3.63) is 60.7 Å². The van der Waals surface area contributed by atoms with Gasteiger partial charge in [-0.3, -0.25) is 9.05 Å². The molecular weight excluding hydrogens is 390 g/mol. The Morgan fingerprint density at radius 3 is 1.19 bits per heavy atom. The van der Waals surface area contributed by atoms with Gasteiger partial charge in [-0.05, 0) is 33.4 Å². The van der Waals surface area contributed by atoms with Crippen LogP contribution in [0.5, 0.6) is 11.5 Å². The van der Waals surface area contributed by atoms with E-state index in [-0.39, 0.29) is 45.5 Å². The summed E-state index contributed by atoms with van der Waals surface area (Å²) in [7, 11) is -5.55. The van der Waals surface area contributed by atoms with Gasteiger partial charge in [0.05, 0.1) is 0 Å². The van der Waals surface area contributed by atoms with E-state index < -0.39 is 16.5 Å². The molecular formula is C12H10O6P2Sr+2. The van der Waals surface area contributed by atoms with E-state index in [9.17, 15) is 18.9 Å². The fourth-order valence-corrected chi connectivity index (χ4v) is 1.72. The van der Waals surface area contributed by atoms with Gasteiger partial charge in [0, 0.05) is 0 Å². The van der Waals surface area contributed by atoms with Crippen molar-refractivity contribution in [1.29, 1.82) is 0 Å². The zero-order chi connectivity index (χ0) is 14.8. The van der Waals surface area contributed by atoms with Crippen LogP contribution in [-0.2, 0) is 9.13 Å². The van der Waals surface area contributed by atoms with Gasteiger partial charge in [0.1, 0.15) is 0 Å². The first kappa shape index (κ1) is 20.6. The molecule has 0 saturated carbocycles. The molecule has 21 heavy (non-hydrogen) atoms. The smallest absolute Gasteiger partial charge is 0.558 e. The van der Waals surface area contributed by atoms with Gasteiger partial charge in [-0.1, -0.05) is 36.4 Å². The minimum absolute atomic E-state index is 0. The van der Waals surface area contributed by atoms with Gasteiger partial charge in [0.15, 0.2) is 11.5 Å². The van der Waals surface area contributed by atoms with Gasteiger partial charge in [-0.15, -0.1) is 0 Å². The first-order valence-corrected chi connectivity index (χ1v) is 7.52. The molecule has 0 N–H and O–H groups in total. The summed E-state index contributed by atoms with van der Waals surface area (Å²) in [4.78, 5) is 20.0. The Kier molecular flexibility index (Phi) is 12.0. The molecule has 0 aliphatic heterocycles. The van der Waals surface area contributed by atoms with Crippen molar-refractivity contribution < 1.29 is 28.0 Å².